The van der Waals surface area contributed by atoms with Crippen LogP contribution in [0.2, 0.25) is 0 Å². The molecule has 0 heterocycles. The molecule has 0 aliphatic heterocycles. The highest BCUT2D eigenvalue weighted by Crippen LogP contribution is 2.33. The molecule has 4 atom stereocenters. The van der Waals surface area contributed by atoms with Crippen LogP contribution in [0.25, 0.3) is 0 Å². The van der Waals surface area contributed by atoms with Crippen LogP contribution in [0, 0.1) is 12.8 Å². The zero-order valence-electron chi connectivity index (χ0n) is 29.8. The summed E-state index contributed by atoms with van der Waals surface area (Å²) >= 11 is 0. The Balaban J connectivity index is 2.68. The smallest absolute Gasteiger partial charge is 0.408 e. The molecule has 9 nitrogen and oxygen atoms in total. The number of hydrogen-bond acceptors (Lipinski definition) is 6. The van der Waals surface area contributed by atoms with Gasteiger partial charge in [-0.2, -0.15) is 0 Å². The maximum atomic E-state index is 14.7. The molecule has 0 saturated heterocycles. The second-order valence-corrected chi connectivity index (χ2v) is 14.9. The highest BCUT2D eigenvalue weighted by Gasteiger charge is 2.44. The average molecular weight is 638 g/mol. The summed E-state index contributed by atoms with van der Waals surface area (Å²) in [6.45, 7) is 21.8. The van der Waals surface area contributed by atoms with E-state index < -0.39 is 58.7 Å². The normalized spacial score (nSPS) is 14.7. The molecule has 0 saturated carbocycles. The van der Waals surface area contributed by atoms with Gasteiger partial charge in [-0.1, -0.05) is 74.9 Å². The Kier molecular flexibility index (Phi) is 13.0. The first-order valence-corrected chi connectivity index (χ1v) is 16.1. The number of ether oxygens (including phenoxy) is 2. The number of benzene rings is 2. The predicted molar refractivity (Wildman–Crippen MR) is 181 cm³/mol. The number of esters is 1. The number of aryl methyl sites for hydroxylation is 1. The molecular formula is C37H55N3O6. The fourth-order valence-electron chi connectivity index (χ4n) is 5.07. The molecule has 9 heteroatoms. The summed E-state index contributed by atoms with van der Waals surface area (Å²) < 4.78 is 11.2. The van der Waals surface area contributed by atoms with E-state index in [0.29, 0.717) is 12.0 Å². The van der Waals surface area contributed by atoms with E-state index in [-0.39, 0.29) is 12.3 Å². The number of carbonyl (C=O) groups is 4. The van der Waals surface area contributed by atoms with Crippen molar-refractivity contribution in [1.29, 1.82) is 0 Å². The van der Waals surface area contributed by atoms with Gasteiger partial charge in [0, 0.05) is 12.0 Å². The molecular weight excluding hydrogens is 582 g/mol. The lowest BCUT2D eigenvalue weighted by Crippen LogP contribution is -2.61. The third kappa shape index (κ3) is 11.5. The van der Waals surface area contributed by atoms with Crippen molar-refractivity contribution in [2.45, 2.75) is 131 Å². The third-order valence-electron chi connectivity index (χ3n) is 7.39. The Morgan fingerprint density at radius 2 is 1.33 bits per heavy atom. The van der Waals surface area contributed by atoms with Crippen LogP contribution in [0.5, 0.6) is 0 Å². The fraction of sp³-hybridized carbons (Fsp3) is 0.568. The van der Waals surface area contributed by atoms with Gasteiger partial charge in [-0.3, -0.25) is 9.59 Å². The second-order valence-electron chi connectivity index (χ2n) is 14.9. The van der Waals surface area contributed by atoms with Crippen LogP contribution in [0.15, 0.2) is 54.6 Å². The molecule has 0 radical (unpaired) electrons. The fourth-order valence-corrected chi connectivity index (χ4v) is 5.07. The molecule has 0 fully saturated rings. The van der Waals surface area contributed by atoms with Gasteiger partial charge < -0.3 is 25.0 Å². The van der Waals surface area contributed by atoms with Gasteiger partial charge in [0.25, 0.3) is 0 Å². The summed E-state index contributed by atoms with van der Waals surface area (Å²) in [5, 5.41) is 5.75. The summed E-state index contributed by atoms with van der Waals surface area (Å²) in [4.78, 5) is 57.3. The van der Waals surface area contributed by atoms with Crippen molar-refractivity contribution in [3.63, 3.8) is 0 Å². The van der Waals surface area contributed by atoms with E-state index >= 15 is 0 Å². The van der Waals surface area contributed by atoms with Crippen molar-refractivity contribution in [3.8, 4) is 0 Å². The molecule has 46 heavy (non-hydrogen) atoms. The van der Waals surface area contributed by atoms with Crippen molar-refractivity contribution in [2.75, 3.05) is 0 Å². The first-order valence-electron chi connectivity index (χ1n) is 16.1. The van der Waals surface area contributed by atoms with Gasteiger partial charge in [0.1, 0.15) is 29.3 Å². The third-order valence-corrected chi connectivity index (χ3v) is 7.39. The van der Waals surface area contributed by atoms with Crippen LogP contribution < -0.4 is 10.6 Å². The average Bonchev–Trinajstić information content (AvgIpc) is 2.92. The van der Waals surface area contributed by atoms with Gasteiger partial charge in [0.15, 0.2) is 0 Å². The quantitative estimate of drug-likeness (QED) is 0.266. The first-order chi connectivity index (χ1) is 21.1. The molecule has 2 rings (SSSR count). The topological polar surface area (TPSA) is 114 Å². The molecule has 0 bridgehead atoms. The summed E-state index contributed by atoms with van der Waals surface area (Å²) in [5.41, 5.74) is -0.198. The second kappa shape index (κ2) is 15.6. The maximum absolute atomic E-state index is 14.7. The van der Waals surface area contributed by atoms with Crippen molar-refractivity contribution in [3.05, 3.63) is 71.3 Å². The lowest BCUT2D eigenvalue weighted by molar-refractivity contribution is -0.159. The lowest BCUT2D eigenvalue weighted by atomic mass is 9.90. The van der Waals surface area contributed by atoms with Gasteiger partial charge in [0.2, 0.25) is 11.8 Å². The summed E-state index contributed by atoms with van der Waals surface area (Å²) in [6, 6.07) is 13.6. The SMILES string of the molecule is CCC(C)C(NC(=O)OC(C)(C)C)C(=O)N(C(C(=O)NC(Cc1ccccc1)C(=O)OC(C)(C)C)c1ccccc1C)C(C)(C)C. The van der Waals surface area contributed by atoms with E-state index in [0.717, 1.165) is 11.1 Å². The minimum atomic E-state index is -1.14. The number of carbonyl (C=O) groups excluding carboxylic acids is 4. The van der Waals surface area contributed by atoms with Crippen LogP contribution in [-0.2, 0) is 30.3 Å². The molecule has 4 unspecified atom stereocenters. The predicted octanol–water partition coefficient (Wildman–Crippen LogP) is 6.67. The molecule has 0 aliphatic rings. The first kappa shape index (κ1) is 38.3. The number of amides is 3. The lowest BCUT2D eigenvalue weighted by Gasteiger charge is -2.44. The summed E-state index contributed by atoms with van der Waals surface area (Å²) in [7, 11) is 0. The van der Waals surface area contributed by atoms with E-state index in [1.165, 1.54) is 4.90 Å². The van der Waals surface area contributed by atoms with E-state index in [2.05, 4.69) is 10.6 Å². The van der Waals surface area contributed by atoms with Crippen LogP contribution in [-0.4, -0.2) is 57.6 Å². The zero-order chi connectivity index (χ0) is 35.0. The van der Waals surface area contributed by atoms with E-state index in [1.54, 1.807) is 41.5 Å². The standard InChI is InChI=1S/C37H55N3O6/c1-13-24(2)29(39-34(44)46-37(10,11)12)32(42)40(35(4,5)6)30(27-22-18-17-19-25(27)3)31(41)38-28(33(43)45-36(7,8)9)23-26-20-15-14-16-21-26/h14-22,24,28-30H,13,23H2,1-12H3,(H,38,41)(H,39,44). The maximum Gasteiger partial charge on any atom is 0.408 e. The number of hydrogen-bond donors (Lipinski definition) is 2. The minimum absolute atomic E-state index is 0.196. The molecule has 2 N–H and O–H groups in total. The monoisotopic (exact) mass is 637 g/mol. The van der Waals surface area contributed by atoms with E-state index in [4.69, 9.17) is 9.47 Å². The molecule has 2 aromatic rings. The molecule has 2 aromatic carbocycles. The van der Waals surface area contributed by atoms with E-state index in [1.807, 2.05) is 96.1 Å². The molecule has 3 amide bonds. The van der Waals surface area contributed by atoms with Gasteiger partial charge in [-0.25, -0.2) is 9.59 Å². The molecule has 0 aromatic heterocycles. The van der Waals surface area contributed by atoms with E-state index in [9.17, 15) is 19.2 Å². The van der Waals surface area contributed by atoms with Gasteiger partial charge >= 0.3 is 12.1 Å². The molecule has 0 spiro atoms. The molecule has 0 aliphatic carbocycles. The largest absolute Gasteiger partial charge is 0.458 e. The van der Waals surface area contributed by atoms with Gasteiger partial charge in [0.05, 0.1) is 0 Å². The number of rotatable bonds is 11. The highest BCUT2D eigenvalue weighted by molar-refractivity contribution is 5.94. The highest BCUT2D eigenvalue weighted by atomic mass is 16.6. The number of nitrogens with one attached hydrogen (secondary N) is 2. The van der Waals surface area contributed by atoms with Gasteiger partial charge in [-0.15, -0.1) is 0 Å². The van der Waals surface area contributed by atoms with Crippen LogP contribution in [0.4, 0.5) is 4.79 Å². The number of alkyl carbamates (subject to hydrolysis) is 1. The Morgan fingerprint density at radius 1 is 0.783 bits per heavy atom. The van der Waals surface area contributed by atoms with Gasteiger partial charge in [-0.05, 0) is 91.8 Å². The van der Waals surface area contributed by atoms with Crippen LogP contribution in [0.1, 0.15) is 105 Å². The minimum Gasteiger partial charge on any atom is -0.458 e. The van der Waals surface area contributed by atoms with Crippen molar-refractivity contribution >= 4 is 23.9 Å². The molecule has 254 valence electrons. The van der Waals surface area contributed by atoms with Crippen molar-refractivity contribution < 1.29 is 28.7 Å². The van der Waals surface area contributed by atoms with Crippen LogP contribution >= 0.6 is 0 Å². The Labute approximate surface area is 275 Å². The zero-order valence-corrected chi connectivity index (χ0v) is 29.8. The summed E-state index contributed by atoms with van der Waals surface area (Å²) in [5.74, 6) is -1.83. The van der Waals surface area contributed by atoms with Crippen LogP contribution in [0.3, 0.4) is 0 Å². The Bertz CT molecular complexity index is 1340. The Morgan fingerprint density at radius 3 is 1.83 bits per heavy atom. The summed E-state index contributed by atoms with van der Waals surface area (Å²) in [6.07, 6.45) is 0.0643. The number of nitrogens with zero attached hydrogens (tertiary/aromatic N) is 1. The Hall–Kier alpha value is -3.88. The van der Waals surface area contributed by atoms with Crippen molar-refractivity contribution in [1.82, 2.24) is 15.5 Å². The van der Waals surface area contributed by atoms with Crippen molar-refractivity contribution in [2.24, 2.45) is 5.92 Å².